The summed E-state index contributed by atoms with van der Waals surface area (Å²) in [5.74, 6) is 0. The first-order chi connectivity index (χ1) is 8.12. The highest BCUT2D eigenvalue weighted by atomic mass is 31.2. The van der Waals surface area contributed by atoms with Crippen molar-refractivity contribution in [1.82, 2.24) is 0 Å². The summed E-state index contributed by atoms with van der Waals surface area (Å²) in [6, 6.07) is 0. The zero-order chi connectivity index (χ0) is 14.7. The van der Waals surface area contributed by atoms with E-state index in [4.69, 9.17) is 33.2 Å². The highest BCUT2D eigenvalue weighted by Gasteiger charge is 2.19. The van der Waals surface area contributed by atoms with Gasteiger partial charge in [-0.25, -0.2) is 9.13 Å². The average Bonchev–Trinajstić information content (AvgIpc) is 2.15. The van der Waals surface area contributed by atoms with Crippen LogP contribution in [-0.4, -0.2) is 32.8 Å². The molecule has 10 heteroatoms. The Morgan fingerprint density at radius 2 is 1.11 bits per heavy atom. The largest absolute Gasteiger partial charge is 0.472 e. The lowest BCUT2D eigenvalue weighted by atomic mass is 10.4. The normalized spacial score (nSPS) is 11.9. The van der Waals surface area contributed by atoms with Gasteiger partial charge in [0.15, 0.2) is 0 Å². The lowest BCUT2D eigenvalue weighted by Crippen LogP contribution is -1.98. The third kappa shape index (κ3) is 25.2. The number of unbranched alkanes of at least 4 members (excludes halogenated alkanes) is 2. The molecule has 0 aromatic carbocycles. The van der Waals surface area contributed by atoms with Crippen LogP contribution in [0.3, 0.4) is 0 Å². The molecule has 0 unspecified atom stereocenters. The predicted octanol–water partition coefficient (Wildman–Crippen LogP) is 1.79. The van der Waals surface area contributed by atoms with E-state index in [0.717, 1.165) is 25.7 Å². The van der Waals surface area contributed by atoms with E-state index in [9.17, 15) is 4.57 Å². The molecule has 0 radical (unpaired) electrons. The molecular weight excluding hydrogens is 286 g/mol. The van der Waals surface area contributed by atoms with Gasteiger partial charge in [0.1, 0.15) is 0 Å². The summed E-state index contributed by atoms with van der Waals surface area (Å²) in [5.41, 5.74) is 0. The van der Waals surface area contributed by atoms with Crippen molar-refractivity contribution in [3.05, 3.63) is 0 Å². The quantitative estimate of drug-likeness (QED) is 0.394. The monoisotopic (exact) mass is 308 g/mol. The molecule has 0 amide bonds. The molecule has 0 aromatic heterocycles. The van der Waals surface area contributed by atoms with Crippen molar-refractivity contribution < 1.29 is 37.8 Å². The van der Waals surface area contributed by atoms with Crippen molar-refractivity contribution in [3.63, 3.8) is 0 Å². The Morgan fingerprint density at radius 1 is 0.833 bits per heavy atom. The molecule has 0 bridgehead atoms. The number of hydrogen-bond acceptors (Lipinski definition) is 4. The summed E-state index contributed by atoms with van der Waals surface area (Å²) in [6.07, 6.45) is 3.44. The van der Waals surface area contributed by atoms with Gasteiger partial charge in [0.05, 0.1) is 13.2 Å². The van der Waals surface area contributed by atoms with Gasteiger partial charge in [-0.15, -0.1) is 0 Å². The van der Waals surface area contributed by atoms with Crippen molar-refractivity contribution in [3.8, 4) is 0 Å². The first-order valence-corrected chi connectivity index (χ1v) is 8.58. The van der Waals surface area contributed by atoms with Gasteiger partial charge in [-0.3, -0.25) is 9.05 Å². The fourth-order valence-corrected chi connectivity index (χ4v) is 1.48. The molecule has 0 rings (SSSR count). The highest BCUT2D eigenvalue weighted by molar-refractivity contribution is 7.47. The number of hydrogen-bond donors (Lipinski definition) is 4. The minimum absolute atomic E-state index is 0.288. The maximum absolute atomic E-state index is 11.1. The van der Waals surface area contributed by atoms with Gasteiger partial charge in [-0.2, -0.15) is 0 Å². The second-order valence-corrected chi connectivity index (χ2v) is 5.84. The SMILES string of the molecule is CCCCOP(=O)(O)OCCCC.O=P(O)(O)O. The number of phosphoric acid groups is 2. The smallest absolute Gasteiger partial charge is 0.303 e. The Kier molecular flexibility index (Phi) is 12.6. The maximum atomic E-state index is 11.1. The second kappa shape index (κ2) is 11.1. The molecule has 0 aliphatic heterocycles. The predicted molar refractivity (Wildman–Crippen MR) is 65.8 cm³/mol. The molecule has 112 valence electrons. The summed E-state index contributed by atoms with van der Waals surface area (Å²) >= 11 is 0. The summed E-state index contributed by atoms with van der Waals surface area (Å²) < 4.78 is 29.4. The lowest BCUT2D eigenvalue weighted by molar-refractivity contribution is 0.146. The van der Waals surface area contributed by atoms with Crippen molar-refractivity contribution in [2.75, 3.05) is 13.2 Å². The molecule has 4 N–H and O–H groups in total. The zero-order valence-corrected chi connectivity index (χ0v) is 12.3. The van der Waals surface area contributed by atoms with Crippen LogP contribution in [0.25, 0.3) is 0 Å². The first-order valence-electron chi connectivity index (χ1n) is 5.52. The van der Waals surface area contributed by atoms with Crippen molar-refractivity contribution in [1.29, 1.82) is 0 Å². The van der Waals surface area contributed by atoms with E-state index in [0.29, 0.717) is 0 Å². The van der Waals surface area contributed by atoms with Crippen LogP contribution >= 0.6 is 15.6 Å². The van der Waals surface area contributed by atoms with Crippen LogP contribution in [0.4, 0.5) is 0 Å². The van der Waals surface area contributed by atoms with Crippen molar-refractivity contribution in [2.45, 2.75) is 39.5 Å². The molecule has 0 atom stereocenters. The van der Waals surface area contributed by atoms with Gasteiger partial charge in [0.25, 0.3) is 0 Å². The zero-order valence-electron chi connectivity index (χ0n) is 10.6. The van der Waals surface area contributed by atoms with Crippen LogP contribution in [0.1, 0.15) is 39.5 Å². The fourth-order valence-electron chi connectivity index (χ4n) is 0.686. The van der Waals surface area contributed by atoms with Crippen LogP contribution in [0.5, 0.6) is 0 Å². The molecule has 0 aliphatic carbocycles. The van der Waals surface area contributed by atoms with Gasteiger partial charge < -0.3 is 19.6 Å². The molecule has 0 saturated heterocycles. The van der Waals surface area contributed by atoms with Crippen molar-refractivity contribution >= 4 is 15.6 Å². The number of phosphoric ester groups is 1. The van der Waals surface area contributed by atoms with Gasteiger partial charge in [0.2, 0.25) is 0 Å². The summed E-state index contributed by atoms with van der Waals surface area (Å²) in [6.45, 7) is 4.56. The number of rotatable bonds is 8. The van der Waals surface area contributed by atoms with Gasteiger partial charge in [0, 0.05) is 0 Å². The Labute approximate surface area is 107 Å². The molecule has 18 heavy (non-hydrogen) atoms. The molecular formula is C8H22O8P2. The van der Waals surface area contributed by atoms with Crippen LogP contribution < -0.4 is 0 Å². The van der Waals surface area contributed by atoms with E-state index >= 15 is 0 Å². The molecule has 0 aliphatic rings. The molecule has 0 fully saturated rings. The molecule has 0 saturated carbocycles. The summed E-state index contributed by atoms with van der Waals surface area (Å²) in [7, 11) is -8.39. The Bertz CT molecular complexity index is 254. The standard InChI is InChI=1S/C8H19O4P.H3O4P/c1-3-5-7-11-13(9,10)12-8-6-4-2;1-5(2,3)4/h3-8H2,1-2H3,(H,9,10);(H3,1,2,3,4). The third-order valence-electron chi connectivity index (χ3n) is 1.50. The maximum Gasteiger partial charge on any atom is 0.472 e. The molecule has 0 aromatic rings. The highest BCUT2D eigenvalue weighted by Crippen LogP contribution is 2.43. The van der Waals surface area contributed by atoms with E-state index in [1.54, 1.807) is 0 Å². The van der Waals surface area contributed by atoms with E-state index in [2.05, 4.69) is 0 Å². The van der Waals surface area contributed by atoms with E-state index in [1.807, 2.05) is 13.8 Å². The topological polar surface area (TPSA) is 134 Å². The van der Waals surface area contributed by atoms with Gasteiger partial charge >= 0.3 is 15.6 Å². The minimum atomic E-state index is -4.64. The van der Waals surface area contributed by atoms with Crippen LogP contribution in [0.2, 0.25) is 0 Å². The van der Waals surface area contributed by atoms with Crippen molar-refractivity contribution in [2.24, 2.45) is 0 Å². The second-order valence-electron chi connectivity index (χ2n) is 3.36. The third-order valence-corrected chi connectivity index (χ3v) is 2.52. The van der Waals surface area contributed by atoms with E-state index in [1.165, 1.54) is 0 Å². The van der Waals surface area contributed by atoms with Crippen LogP contribution in [-0.2, 0) is 18.2 Å². The van der Waals surface area contributed by atoms with E-state index in [-0.39, 0.29) is 13.2 Å². The fraction of sp³-hybridized carbons (Fsp3) is 1.00. The summed E-state index contributed by atoms with van der Waals surface area (Å²) in [5, 5.41) is 0. The first kappa shape index (κ1) is 20.5. The summed E-state index contributed by atoms with van der Waals surface area (Å²) in [4.78, 5) is 30.6. The van der Waals surface area contributed by atoms with Crippen LogP contribution in [0, 0.1) is 0 Å². The minimum Gasteiger partial charge on any atom is -0.303 e. The molecule has 0 heterocycles. The molecule has 0 spiro atoms. The Balaban J connectivity index is 0. The van der Waals surface area contributed by atoms with E-state index < -0.39 is 15.6 Å². The average molecular weight is 308 g/mol. The lowest BCUT2D eigenvalue weighted by Gasteiger charge is -2.10. The van der Waals surface area contributed by atoms with Gasteiger partial charge in [-0.05, 0) is 12.8 Å². The molecule has 8 nitrogen and oxygen atoms in total. The van der Waals surface area contributed by atoms with Crippen LogP contribution in [0.15, 0.2) is 0 Å². The Morgan fingerprint density at radius 3 is 1.33 bits per heavy atom. The van der Waals surface area contributed by atoms with Gasteiger partial charge in [-0.1, -0.05) is 26.7 Å². The Hall–Kier alpha value is 0.220.